The van der Waals surface area contributed by atoms with E-state index in [1.807, 2.05) is 85.7 Å². The second kappa shape index (κ2) is 13.1. The van der Waals surface area contributed by atoms with Gasteiger partial charge < -0.3 is 19.1 Å². The van der Waals surface area contributed by atoms with Gasteiger partial charge in [-0.2, -0.15) is 0 Å². The van der Waals surface area contributed by atoms with Crippen molar-refractivity contribution in [2.45, 2.75) is 26.5 Å². The number of carbonyl (C=O) groups is 1. The summed E-state index contributed by atoms with van der Waals surface area (Å²) < 4.78 is 19.4. The Morgan fingerprint density at radius 1 is 1.00 bits per heavy atom. The van der Waals surface area contributed by atoms with Crippen LogP contribution in [0.4, 0.5) is 5.69 Å². The van der Waals surface area contributed by atoms with Crippen LogP contribution in [-0.4, -0.2) is 38.3 Å². The topological polar surface area (TPSA) is 82.4 Å². The van der Waals surface area contributed by atoms with Crippen LogP contribution in [0.2, 0.25) is 0 Å². The van der Waals surface area contributed by atoms with Crippen LogP contribution < -0.4 is 29.3 Å². The Hall–Kier alpha value is -5.15. The quantitative estimate of drug-likeness (QED) is 0.197. The molecular formula is C37H35N3O5S. The molecular weight excluding hydrogens is 598 g/mol. The highest BCUT2D eigenvalue weighted by Crippen LogP contribution is 2.32. The van der Waals surface area contributed by atoms with Gasteiger partial charge in [0.15, 0.2) is 16.3 Å². The number of hydrogen-bond acceptors (Lipinski definition) is 8. The zero-order valence-electron chi connectivity index (χ0n) is 26.4. The number of anilines is 1. The van der Waals surface area contributed by atoms with Crippen molar-refractivity contribution in [1.29, 1.82) is 0 Å². The zero-order chi connectivity index (χ0) is 32.4. The summed E-state index contributed by atoms with van der Waals surface area (Å²) in [5.74, 6) is 0.675. The Labute approximate surface area is 271 Å². The van der Waals surface area contributed by atoms with Crippen LogP contribution in [0.3, 0.4) is 0 Å². The minimum Gasteiger partial charge on any atom is -0.493 e. The standard InChI is InChI=1S/C37H35N3O5S/c1-6-44-36(42)33-23(2)38-37-40(34(33)26-15-17-28(18-16-26)39(3)4)35(41)32(46-37)21-24-14-19-30(31(20-24)43-5)45-22-27-12-9-11-25-10-7-8-13-29(25)27/h7-21,34H,6,22H2,1-5H3/t34-/m0/s1. The lowest BCUT2D eigenvalue weighted by atomic mass is 9.95. The fourth-order valence-electron chi connectivity index (χ4n) is 5.68. The second-order valence-corrected chi connectivity index (χ2v) is 12.1. The number of nitrogens with zero attached hydrogens (tertiary/aromatic N) is 3. The first kappa shape index (κ1) is 30.9. The van der Waals surface area contributed by atoms with Crippen molar-refractivity contribution in [3.8, 4) is 11.5 Å². The van der Waals surface area contributed by atoms with Gasteiger partial charge in [0.05, 0.1) is 35.6 Å². The highest BCUT2D eigenvalue weighted by molar-refractivity contribution is 7.07. The van der Waals surface area contributed by atoms with Gasteiger partial charge >= 0.3 is 5.97 Å². The first-order valence-electron chi connectivity index (χ1n) is 15.0. The number of allylic oxidation sites excluding steroid dienone is 1. The maximum absolute atomic E-state index is 14.0. The van der Waals surface area contributed by atoms with Gasteiger partial charge in [0, 0.05) is 19.8 Å². The van der Waals surface area contributed by atoms with Crippen LogP contribution >= 0.6 is 11.3 Å². The SMILES string of the molecule is CCOC(=O)C1=C(C)N=c2sc(=Cc3ccc(OCc4cccc5ccccc45)c(OC)c3)c(=O)n2[C@H]1c1ccc(N(C)C)cc1. The molecule has 1 aliphatic rings. The third kappa shape index (κ3) is 5.93. The third-order valence-electron chi connectivity index (χ3n) is 7.99. The summed E-state index contributed by atoms with van der Waals surface area (Å²) in [5.41, 5.74) is 4.30. The molecule has 8 nitrogen and oxygen atoms in total. The predicted molar refractivity (Wildman–Crippen MR) is 182 cm³/mol. The molecule has 6 rings (SSSR count). The van der Waals surface area contributed by atoms with Gasteiger partial charge in [0.1, 0.15) is 6.61 Å². The molecule has 2 heterocycles. The van der Waals surface area contributed by atoms with E-state index in [1.165, 1.54) is 11.3 Å². The number of methoxy groups -OCH3 is 1. The molecule has 0 aliphatic carbocycles. The Morgan fingerprint density at radius 2 is 1.76 bits per heavy atom. The van der Waals surface area contributed by atoms with Gasteiger partial charge in [-0.05, 0) is 71.7 Å². The summed E-state index contributed by atoms with van der Waals surface area (Å²) in [7, 11) is 5.52. The molecule has 46 heavy (non-hydrogen) atoms. The maximum atomic E-state index is 14.0. The first-order valence-corrected chi connectivity index (χ1v) is 15.8. The summed E-state index contributed by atoms with van der Waals surface area (Å²) in [6.45, 7) is 4.15. The van der Waals surface area contributed by atoms with Gasteiger partial charge in [-0.3, -0.25) is 9.36 Å². The fraction of sp³-hybridized carbons (Fsp3) is 0.216. The Bertz CT molecular complexity index is 2140. The van der Waals surface area contributed by atoms with Crippen LogP contribution in [0.25, 0.3) is 16.8 Å². The molecule has 4 aromatic carbocycles. The van der Waals surface area contributed by atoms with Crippen LogP contribution in [0.1, 0.15) is 36.6 Å². The van der Waals surface area contributed by atoms with Gasteiger partial charge in [0.2, 0.25) is 0 Å². The number of benzene rings is 4. The highest BCUT2D eigenvalue weighted by atomic mass is 32.1. The molecule has 0 N–H and O–H groups in total. The van der Waals surface area contributed by atoms with Crippen molar-refractivity contribution in [2.75, 3.05) is 32.7 Å². The summed E-state index contributed by atoms with van der Waals surface area (Å²) in [4.78, 5) is 34.4. The van der Waals surface area contributed by atoms with Gasteiger partial charge in [-0.15, -0.1) is 0 Å². The summed E-state index contributed by atoms with van der Waals surface area (Å²) in [6.07, 6.45) is 1.82. The molecule has 0 spiro atoms. The molecule has 1 aliphatic heterocycles. The van der Waals surface area contributed by atoms with Crippen LogP contribution in [-0.2, 0) is 16.1 Å². The molecule has 234 valence electrons. The molecule has 0 amide bonds. The Morgan fingerprint density at radius 3 is 2.50 bits per heavy atom. The van der Waals surface area contributed by atoms with Gasteiger partial charge in [-0.1, -0.05) is 72.0 Å². The number of fused-ring (bicyclic) bond motifs is 2. The average Bonchev–Trinajstić information content (AvgIpc) is 3.36. The van der Waals surface area contributed by atoms with Crippen LogP contribution in [0.15, 0.2) is 106 Å². The Kier molecular flexibility index (Phi) is 8.76. The summed E-state index contributed by atoms with van der Waals surface area (Å²) in [5, 5.41) is 2.30. The molecule has 0 bridgehead atoms. The van der Waals surface area contributed by atoms with E-state index < -0.39 is 12.0 Å². The normalized spacial score (nSPS) is 14.5. The van der Waals surface area contributed by atoms with E-state index in [2.05, 4.69) is 29.3 Å². The van der Waals surface area contributed by atoms with E-state index in [0.717, 1.165) is 33.2 Å². The second-order valence-electron chi connectivity index (χ2n) is 11.1. The monoisotopic (exact) mass is 633 g/mol. The van der Waals surface area contributed by atoms with E-state index >= 15 is 0 Å². The number of ether oxygens (including phenoxy) is 3. The number of rotatable bonds is 9. The van der Waals surface area contributed by atoms with Gasteiger partial charge in [-0.25, -0.2) is 9.79 Å². The molecule has 9 heteroatoms. The number of carbonyl (C=O) groups excluding carboxylic acids is 1. The minimum absolute atomic E-state index is 0.218. The van der Waals surface area contributed by atoms with Crippen molar-refractivity contribution < 1.29 is 19.0 Å². The van der Waals surface area contributed by atoms with Crippen molar-refractivity contribution in [2.24, 2.45) is 4.99 Å². The molecule has 1 aromatic heterocycles. The lowest BCUT2D eigenvalue weighted by Gasteiger charge is -2.25. The summed E-state index contributed by atoms with van der Waals surface area (Å²) in [6, 6.07) is 27.1. The predicted octanol–water partition coefficient (Wildman–Crippen LogP) is 5.61. The molecule has 0 unspecified atom stereocenters. The lowest BCUT2D eigenvalue weighted by Crippen LogP contribution is -2.39. The molecule has 0 radical (unpaired) electrons. The molecule has 0 saturated heterocycles. The Balaban J connectivity index is 1.36. The number of esters is 1. The van der Waals surface area contributed by atoms with Crippen LogP contribution in [0, 0.1) is 0 Å². The lowest BCUT2D eigenvalue weighted by molar-refractivity contribution is -0.139. The number of aromatic nitrogens is 1. The van der Waals surface area contributed by atoms with E-state index in [9.17, 15) is 9.59 Å². The van der Waals surface area contributed by atoms with Crippen molar-refractivity contribution >= 4 is 39.8 Å². The van der Waals surface area contributed by atoms with E-state index in [0.29, 0.717) is 38.7 Å². The van der Waals surface area contributed by atoms with Crippen molar-refractivity contribution in [1.82, 2.24) is 4.57 Å². The summed E-state index contributed by atoms with van der Waals surface area (Å²) >= 11 is 1.28. The van der Waals surface area contributed by atoms with Crippen molar-refractivity contribution in [3.05, 3.63) is 133 Å². The zero-order valence-corrected chi connectivity index (χ0v) is 27.3. The molecule has 5 aromatic rings. The molecule has 0 saturated carbocycles. The van der Waals surface area contributed by atoms with E-state index in [4.69, 9.17) is 14.2 Å². The largest absolute Gasteiger partial charge is 0.493 e. The first-order chi connectivity index (χ1) is 22.3. The molecule has 1 atom stereocenters. The number of thiazole rings is 1. The minimum atomic E-state index is -0.673. The third-order valence-corrected chi connectivity index (χ3v) is 8.97. The highest BCUT2D eigenvalue weighted by Gasteiger charge is 2.33. The van der Waals surface area contributed by atoms with E-state index in [1.54, 1.807) is 25.5 Å². The van der Waals surface area contributed by atoms with E-state index in [-0.39, 0.29) is 12.2 Å². The van der Waals surface area contributed by atoms with Crippen LogP contribution in [0.5, 0.6) is 11.5 Å². The smallest absolute Gasteiger partial charge is 0.338 e. The van der Waals surface area contributed by atoms with Crippen molar-refractivity contribution in [3.63, 3.8) is 0 Å². The maximum Gasteiger partial charge on any atom is 0.338 e. The molecule has 0 fully saturated rings. The number of hydrogen-bond donors (Lipinski definition) is 0. The van der Waals surface area contributed by atoms with Gasteiger partial charge in [0.25, 0.3) is 5.56 Å². The average molecular weight is 634 g/mol. The fourth-order valence-corrected chi connectivity index (χ4v) is 6.73.